The second kappa shape index (κ2) is 8.10. The zero-order chi connectivity index (χ0) is 22.1. The highest BCUT2D eigenvalue weighted by atomic mass is 16.4. The van der Waals surface area contributed by atoms with E-state index < -0.39 is 12.0 Å². The molecule has 1 aliphatic rings. The van der Waals surface area contributed by atoms with Crippen LogP contribution in [0, 0.1) is 0 Å². The van der Waals surface area contributed by atoms with Gasteiger partial charge >= 0.3 is 5.97 Å². The second-order valence-electron chi connectivity index (χ2n) is 7.65. The molecule has 0 saturated heterocycles. The van der Waals surface area contributed by atoms with Crippen molar-refractivity contribution in [2.24, 2.45) is 0 Å². The van der Waals surface area contributed by atoms with Crippen molar-refractivity contribution in [1.29, 1.82) is 0 Å². The van der Waals surface area contributed by atoms with Crippen LogP contribution in [-0.2, 0) is 22.7 Å². The average molecular weight is 421 g/mol. The van der Waals surface area contributed by atoms with Crippen molar-refractivity contribution < 1.29 is 19.5 Å². The number of carbonyl (C=O) groups excluding carboxylic acids is 2. The number of hydrogen-bond donors (Lipinski definition) is 3. The molecule has 31 heavy (non-hydrogen) atoms. The number of anilines is 1. The summed E-state index contributed by atoms with van der Waals surface area (Å²) in [6.07, 6.45) is -0.293. The maximum Gasteiger partial charge on any atom is 0.305 e. The van der Waals surface area contributed by atoms with Crippen LogP contribution in [0.2, 0.25) is 0 Å². The fraction of sp³-hybridized carbons (Fsp3) is 0.273. The Balaban J connectivity index is 1.53. The van der Waals surface area contributed by atoms with E-state index in [9.17, 15) is 19.5 Å². The van der Waals surface area contributed by atoms with Crippen LogP contribution in [0.1, 0.15) is 28.2 Å². The fourth-order valence-corrected chi connectivity index (χ4v) is 3.86. The minimum atomic E-state index is -1.04. The summed E-state index contributed by atoms with van der Waals surface area (Å²) >= 11 is 0. The summed E-state index contributed by atoms with van der Waals surface area (Å²) in [6, 6.07) is 12.0. The maximum absolute atomic E-state index is 12.7. The van der Waals surface area contributed by atoms with Gasteiger partial charge in [0.1, 0.15) is 11.9 Å². The summed E-state index contributed by atoms with van der Waals surface area (Å²) in [4.78, 5) is 47.4. The van der Waals surface area contributed by atoms with E-state index in [1.165, 1.54) is 4.90 Å². The van der Waals surface area contributed by atoms with E-state index in [0.717, 1.165) is 22.3 Å². The number of likely N-dealkylation sites (N-methyl/N-ethyl adjacent to an activating group) is 2. The minimum absolute atomic E-state index is 0.254. The van der Waals surface area contributed by atoms with Gasteiger partial charge in [-0.1, -0.05) is 12.1 Å². The number of imidazole rings is 1. The number of aromatic amines is 1. The summed E-state index contributed by atoms with van der Waals surface area (Å²) in [5, 5.41) is 12.0. The molecule has 9 heteroatoms. The Bertz CT molecular complexity index is 1140. The minimum Gasteiger partial charge on any atom is -0.481 e. The highest BCUT2D eigenvalue weighted by molar-refractivity contribution is 5.96. The number of rotatable bonds is 5. The normalized spacial score (nSPS) is 16.2. The van der Waals surface area contributed by atoms with Gasteiger partial charge in [0.05, 0.1) is 24.0 Å². The van der Waals surface area contributed by atoms with Gasteiger partial charge < -0.3 is 25.2 Å². The van der Waals surface area contributed by atoms with Gasteiger partial charge in [-0.25, -0.2) is 4.98 Å². The molecule has 2 amide bonds. The van der Waals surface area contributed by atoms with E-state index in [4.69, 9.17) is 0 Å². The number of carboxylic acids is 1. The van der Waals surface area contributed by atoms with Crippen molar-refractivity contribution >= 4 is 34.5 Å². The van der Waals surface area contributed by atoms with Crippen LogP contribution in [0.4, 0.5) is 5.69 Å². The Morgan fingerprint density at radius 2 is 2.00 bits per heavy atom. The number of aliphatic carboxylic acids is 1. The number of carboxylic acid groups (broad SMARTS) is 1. The Hall–Kier alpha value is -3.88. The van der Waals surface area contributed by atoms with Crippen LogP contribution in [0.3, 0.4) is 0 Å². The molecule has 160 valence electrons. The van der Waals surface area contributed by atoms with Crippen LogP contribution >= 0.6 is 0 Å². The van der Waals surface area contributed by atoms with Crippen molar-refractivity contribution in [3.8, 4) is 0 Å². The topological polar surface area (TPSA) is 119 Å². The third-order valence-corrected chi connectivity index (χ3v) is 5.48. The number of para-hydroxylation sites is 2. The lowest BCUT2D eigenvalue weighted by Crippen LogP contribution is -2.44. The first kappa shape index (κ1) is 20.4. The first-order valence-electron chi connectivity index (χ1n) is 9.88. The highest BCUT2D eigenvalue weighted by Gasteiger charge is 2.33. The summed E-state index contributed by atoms with van der Waals surface area (Å²) in [7, 11) is 3.33. The molecule has 0 saturated carbocycles. The van der Waals surface area contributed by atoms with E-state index in [-0.39, 0.29) is 24.8 Å². The van der Waals surface area contributed by atoms with Crippen LogP contribution in [0.25, 0.3) is 11.0 Å². The number of amides is 2. The van der Waals surface area contributed by atoms with Gasteiger partial charge in [-0.2, -0.15) is 0 Å². The standard InChI is InChI=1S/C22H23N5O4/c1-26-12-14-9-13(7-8-17(14)27(2)18(22(26)31)10-20(28)29)21(30)23-11-19-24-15-5-3-4-6-16(15)25-19/h3-9,18H,10-12H2,1-2H3,(H,23,30)(H,24,25)(H,28,29). The zero-order valence-electron chi connectivity index (χ0n) is 17.3. The van der Waals surface area contributed by atoms with E-state index in [0.29, 0.717) is 17.9 Å². The molecule has 1 aliphatic heterocycles. The number of nitrogens with zero attached hydrogens (tertiary/aromatic N) is 3. The SMILES string of the molecule is CN1Cc2cc(C(=O)NCc3nc4ccccc4[nH]3)ccc2N(C)C(CC(=O)O)C1=O. The number of H-pyrrole nitrogens is 1. The molecule has 2 heterocycles. The van der Waals surface area contributed by atoms with Gasteiger partial charge in [0.25, 0.3) is 5.91 Å². The summed E-state index contributed by atoms with van der Waals surface area (Å²) in [6.45, 7) is 0.545. The first-order valence-corrected chi connectivity index (χ1v) is 9.88. The molecule has 1 atom stereocenters. The predicted octanol–water partition coefficient (Wildman–Crippen LogP) is 1.74. The summed E-state index contributed by atoms with van der Waals surface area (Å²) in [5.41, 5.74) is 3.72. The van der Waals surface area contributed by atoms with Crippen molar-refractivity contribution in [2.45, 2.75) is 25.6 Å². The third-order valence-electron chi connectivity index (χ3n) is 5.48. The largest absolute Gasteiger partial charge is 0.481 e. The van der Waals surface area contributed by atoms with Crippen molar-refractivity contribution in [3.63, 3.8) is 0 Å². The van der Waals surface area contributed by atoms with Crippen LogP contribution in [0.15, 0.2) is 42.5 Å². The molecule has 0 bridgehead atoms. The highest BCUT2D eigenvalue weighted by Crippen LogP contribution is 2.29. The van der Waals surface area contributed by atoms with Gasteiger partial charge in [-0.15, -0.1) is 0 Å². The van der Waals surface area contributed by atoms with Crippen molar-refractivity contribution in [1.82, 2.24) is 20.2 Å². The Morgan fingerprint density at radius 1 is 1.23 bits per heavy atom. The van der Waals surface area contributed by atoms with E-state index in [2.05, 4.69) is 15.3 Å². The van der Waals surface area contributed by atoms with Gasteiger partial charge in [0.15, 0.2) is 0 Å². The predicted molar refractivity (Wildman–Crippen MR) is 115 cm³/mol. The Morgan fingerprint density at radius 3 is 2.74 bits per heavy atom. The molecule has 2 aromatic carbocycles. The molecule has 3 N–H and O–H groups in total. The van der Waals surface area contributed by atoms with Crippen LogP contribution < -0.4 is 10.2 Å². The number of benzene rings is 2. The molecule has 9 nitrogen and oxygen atoms in total. The number of carbonyl (C=O) groups is 3. The van der Waals surface area contributed by atoms with Crippen molar-refractivity contribution in [2.75, 3.05) is 19.0 Å². The number of hydrogen-bond acceptors (Lipinski definition) is 5. The fourth-order valence-electron chi connectivity index (χ4n) is 3.86. The molecule has 3 aromatic rings. The summed E-state index contributed by atoms with van der Waals surface area (Å²) in [5.74, 6) is -0.905. The molecular formula is C22H23N5O4. The molecule has 0 aliphatic carbocycles. The number of fused-ring (bicyclic) bond motifs is 2. The van der Waals surface area contributed by atoms with E-state index >= 15 is 0 Å². The number of nitrogens with one attached hydrogen (secondary N) is 2. The van der Waals surface area contributed by atoms with E-state index in [1.54, 1.807) is 37.2 Å². The lowest BCUT2D eigenvalue weighted by atomic mass is 10.1. The lowest BCUT2D eigenvalue weighted by molar-refractivity contribution is -0.141. The van der Waals surface area contributed by atoms with Crippen molar-refractivity contribution in [3.05, 3.63) is 59.4 Å². The van der Waals surface area contributed by atoms with Gasteiger partial charge in [-0.05, 0) is 35.9 Å². The molecule has 0 spiro atoms. The Kier molecular flexibility index (Phi) is 5.33. The van der Waals surface area contributed by atoms with Crippen LogP contribution in [-0.4, -0.2) is 57.9 Å². The summed E-state index contributed by atoms with van der Waals surface area (Å²) < 4.78 is 0. The average Bonchev–Trinajstić information content (AvgIpc) is 3.14. The van der Waals surface area contributed by atoms with Crippen LogP contribution in [0.5, 0.6) is 0 Å². The smallest absolute Gasteiger partial charge is 0.305 e. The first-order chi connectivity index (χ1) is 14.8. The van der Waals surface area contributed by atoms with Gasteiger partial charge in [-0.3, -0.25) is 14.4 Å². The molecular weight excluding hydrogens is 398 g/mol. The third kappa shape index (κ3) is 4.07. The maximum atomic E-state index is 12.7. The quantitative estimate of drug-likeness (QED) is 0.578. The Labute approximate surface area is 178 Å². The second-order valence-corrected chi connectivity index (χ2v) is 7.65. The van der Waals surface area contributed by atoms with E-state index in [1.807, 2.05) is 24.3 Å². The van der Waals surface area contributed by atoms with Gasteiger partial charge in [0.2, 0.25) is 5.91 Å². The molecule has 4 rings (SSSR count). The molecule has 1 unspecified atom stereocenters. The van der Waals surface area contributed by atoms with Gasteiger partial charge in [0, 0.05) is 31.9 Å². The number of aromatic nitrogens is 2. The lowest BCUT2D eigenvalue weighted by Gasteiger charge is -2.27. The zero-order valence-corrected chi connectivity index (χ0v) is 17.3. The monoisotopic (exact) mass is 421 g/mol. The molecule has 0 fully saturated rings. The molecule has 1 aromatic heterocycles. The molecule has 0 radical (unpaired) electrons.